The molecule has 0 atom stereocenters. The van der Waals surface area contributed by atoms with Crippen LogP contribution in [0, 0.1) is 6.57 Å². The number of hydrogen-bond acceptors (Lipinski definition) is 4. The van der Waals surface area contributed by atoms with Crippen LogP contribution in [0.5, 0.6) is 5.75 Å². The predicted octanol–water partition coefficient (Wildman–Crippen LogP) is 3.02. The second-order valence-electron chi connectivity index (χ2n) is 4.23. The minimum Gasteiger partial charge on any atom is -0.508 e. The Kier molecular flexibility index (Phi) is 6.23. The Morgan fingerprint density at radius 3 is 2.89 bits per heavy atom. The second kappa shape index (κ2) is 7.98. The molecule has 1 rings (SSSR count). The molecule has 0 aromatic heterocycles. The van der Waals surface area contributed by atoms with Crippen molar-refractivity contribution in [2.45, 2.75) is 39.0 Å². The molecule has 0 spiro atoms. The van der Waals surface area contributed by atoms with Gasteiger partial charge in [0.05, 0.1) is 6.42 Å². The fraction of sp³-hybridized carbons (Fsp3) is 0.429. The maximum Gasteiger partial charge on any atom is 0.367 e. The van der Waals surface area contributed by atoms with E-state index in [-0.39, 0.29) is 12.2 Å². The monoisotopic (exact) mass is 264 g/mol. The van der Waals surface area contributed by atoms with Gasteiger partial charge in [0.15, 0.2) is 0 Å². The summed E-state index contributed by atoms with van der Waals surface area (Å²) in [6.07, 6.45) is 4.06. The maximum atomic E-state index is 11.3. The molecule has 0 aliphatic rings. The molecule has 0 radical (unpaired) electrons. The van der Waals surface area contributed by atoms with Gasteiger partial charge in [-0.2, -0.15) is 4.89 Å². The van der Waals surface area contributed by atoms with Crippen molar-refractivity contribution in [1.82, 2.24) is 0 Å². The van der Waals surface area contributed by atoms with E-state index in [1.807, 2.05) is 0 Å². The Balaban J connectivity index is 2.62. The number of nitrogens with zero attached hydrogens (tertiary/aromatic N) is 1. The number of phenolic OH excluding ortho intramolecular Hbond substituents is 1. The van der Waals surface area contributed by atoms with Crippen LogP contribution in [0.2, 0.25) is 0 Å². The zero-order valence-corrected chi connectivity index (χ0v) is 11.0. The molecular formula is C14H18NO4+. The van der Waals surface area contributed by atoms with Gasteiger partial charge in [0.25, 0.3) is 5.01 Å². The molecule has 1 aromatic rings. The van der Waals surface area contributed by atoms with Crippen LogP contribution in [0.1, 0.15) is 37.3 Å². The molecule has 1 N–H and O–H groups in total. The minimum absolute atomic E-state index is 0.0383. The van der Waals surface area contributed by atoms with Gasteiger partial charge in [-0.1, -0.05) is 31.9 Å². The van der Waals surface area contributed by atoms with Crippen molar-refractivity contribution in [3.8, 4) is 12.3 Å². The van der Waals surface area contributed by atoms with Crippen molar-refractivity contribution in [2.75, 3.05) is 0 Å². The highest BCUT2D eigenvalue weighted by Gasteiger charge is 2.11. The van der Waals surface area contributed by atoms with Gasteiger partial charge >= 0.3 is 12.5 Å². The predicted molar refractivity (Wildman–Crippen MR) is 70.5 cm³/mol. The molecule has 0 heterocycles. The average Bonchev–Trinajstić information content (AvgIpc) is 2.40. The smallest absolute Gasteiger partial charge is 0.367 e. The third-order valence-corrected chi connectivity index (χ3v) is 2.72. The summed E-state index contributed by atoms with van der Waals surface area (Å²) in [6, 6.07) is 5.05. The fourth-order valence-corrected chi connectivity index (χ4v) is 1.77. The maximum absolute atomic E-state index is 11.3. The molecule has 0 unspecified atom stereocenters. The quantitative estimate of drug-likeness (QED) is 0.467. The number of carbonyl (C=O) groups is 1. The van der Waals surface area contributed by atoms with Crippen LogP contribution >= 0.6 is 0 Å². The Labute approximate surface area is 112 Å². The molecule has 0 aliphatic carbocycles. The van der Waals surface area contributed by atoms with Gasteiger partial charge in [0.2, 0.25) is 0 Å². The van der Waals surface area contributed by atoms with E-state index in [0.29, 0.717) is 0 Å². The normalized spacial score (nSPS) is 9.68. The highest BCUT2D eigenvalue weighted by molar-refractivity contribution is 5.72. The molecule has 0 fully saturated rings. The number of benzene rings is 1. The van der Waals surface area contributed by atoms with Crippen LogP contribution < -0.4 is 0 Å². The van der Waals surface area contributed by atoms with Gasteiger partial charge in [-0.3, -0.25) is 0 Å². The Hall–Kier alpha value is -2.22. The number of carbonyl (C=O) groups excluding carboxylic acids is 1. The summed E-state index contributed by atoms with van der Waals surface area (Å²) in [5.41, 5.74) is 1.58. The van der Waals surface area contributed by atoms with Gasteiger partial charge in [0, 0.05) is 0 Å². The summed E-state index contributed by atoms with van der Waals surface area (Å²) in [5, 5.41) is 12.5. The molecular weight excluding hydrogens is 246 g/mol. The third kappa shape index (κ3) is 5.30. The first-order valence-electron chi connectivity index (χ1n) is 6.25. The minimum atomic E-state index is -0.598. The zero-order valence-electron chi connectivity index (χ0n) is 11.0. The van der Waals surface area contributed by atoms with E-state index < -0.39 is 5.97 Å². The van der Waals surface area contributed by atoms with Crippen LogP contribution in [0.3, 0.4) is 0 Å². The number of hydrogen-bond donors (Lipinski definition) is 1. The summed E-state index contributed by atoms with van der Waals surface area (Å²) in [5.74, 6) is -0.346. The molecule has 0 saturated carbocycles. The molecule has 0 amide bonds. The summed E-state index contributed by atoms with van der Waals surface area (Å²) >= 11 is 0. The molecule has 1 aromatic carbocycles. The third-order valence-electron chi connectivity index (χ3n) is 2.72. The van der Waals surface area contributed by atoms with Crippen molar-refractivity contribution in [2.24, 2.45) is 0 Å². The Morgan fingerprint density at radius 1 is 1.42 bits per heavy atom. The van der Waals surface area contributed by atoms with E-state index in [2.05, 4.69) is 28.4 Å². The van der Waals surface area contributed by atoms with Gasteiger partial charge in [0.1, 0.15) is 10.7 Å². The van der Waals surface area contributed by atoms with Gasteiger partial charge in [-0.15, -0.1) is 0 Å². The second-order valence-corrected chi connectivity index (χ2v) is 4.23. The molecule has 5 nitrogen and oxygen atoms in total. The lowest BCUT2D eigenvalue weighted by Gasteiger charge is -2.06. The number of phenols is 1. The van der Waals surface area contributed by atoms with Crippen molar-refractivity contribution < 1.29 is 19.8 Å². The van der Waals surface area contributed by atoms with Crippen LogP contribution in [-0.2, 0) is 27.5 Å². The first-order chi connectivity index (χ1) is 9.17. The van der Waals surface area contributed by atoms with Crippen LogP contribution in [0.25, 0.3) is 5.01 Å². The zero-order chi connectivity index (χ0) is 14.1. The van der Waals surface area contributed by atoms with E-state index >= 15 is 0 Å². The van der Waals surface area contributed by atoms with Gasteiger partial charge in [-0.05, 0) is 30.0 Å². The lowest BCUT2D eigenvalue weighted by Crippen LogP contribution is -2.06. The highest BCUT2D eigenvalue weighted by atomic mass is 17.3. The number of aromatic hydroxyl groups is 1. The standard InChI is InChI=1S/C14H17NO4/c1-3-4-5-6-12-9-11(7-8-13(12)16)10-14(17)18-19-15-2/h2,7-9H,3-6,10H2,1H3/p+1. The van der Waals surface area contributed by atoms with E-state index in [0.717, 1.165) is 36.8 Å². The highest BCUT2D eigenvalue weighted by Crippen LogP contribution is 2.21. The number of rotatable bonds is 7. The molecule has 0 saturated heterocycles. The average molecular weight is 264 g/mol. The topological polar surface area (TPSA) is 60.1 Å². The molecule has 102 valence electrons. The van der Waals surface area contributed by atoms with Gasteiger partial charge in [-0.25, -0.2) is 4.79 Å². The first-order valence-corrected chi connectivity index (χ1v) is 6.25. The van der Waals surface area contributed by atoms with Crippen LogP contribution in [-0.4, -0.2) is 11.1 Å². The molecule has 5 heteroatoms. The SMILES string of the molecule is C#[N+]OOC(=O)Cc1ccc(O)c(CCCCC)c1. The van der Waals surface area contributed by atoms with Crippen LogP contribution in [0.15, 0.2) is 18.2 Å². The number of unbranched alkanes of at least 4 members (excludes halogenated alkanes) is 2. The molecule has 0 bridgehead atoms. The molecule has 19 heavy (non-hydrogen) atoms. The van der Waals surface area contributed by atoms with Crippen molar-refractivity contribution >= 4 is 5.97 Å². The van der Waals surface area contributed by atoms with E-state index in [1.165, 1.54) is 0 Å². The Bertz CT molecular complexity index is 465. The van der Waals surface area contributed by atoms with Crippen LogP contribution in [0.4, 0.5) is 0 Å². The fourth-order valence-electron chi connectivity index (χ4n) is 1.77. The summed E-state index contributed by atoms with van der Waals surface area (Å²) < 4.78 is 0. The Morgan fingerprint density at radius 2 is 2.21 bits per heavy atom. The van der Waals surface area contributed by atoms with E-state index in [9.17, 15) is 9.90 Å². The van der Waals surface area contributed by atoms with Crippen molar-refractivity contribution in [3.63, 3.8) is 0 Å². The summed E-state index contributed by atoms with van der Waals surface area (Å²) in [4.78, 5) is 19.6. The van der Waals surface area contributed by atoms with E-state index in [1.54, 1.807) is 18.2 Å². The number of aryl methyl sites for hydroxylation is 1. The van der Waals surface area contributed by atoms with Crippen molar-refractivity contribution in [3.05, 3.63) is 34.3 Å². The summed E-state index contributed by atoms with van der Waals surface area (Å²) in [7, 11) is 0. The first kappa shape index (κ1) is 14.8. The molecule has 0 aliphatic heterocycles. The largest absolute Gasteiger partial charge is 0.508 e. The lowest BCUT2D eigenvalue weighted by atomic mass is 10.0. The van der Waals surface area contributed by atoms with E-state index in [4.69, 9.17) is 0 Å². The van der Waals surface area contributed by atoms with Crippen molar-refractivity contribution in [1.29, 1.82) is 0 Å². The lowest BCUT2D eigenvalue weighted by molar-refractivity contribution is -0.239. The summed E-state index contributed by atoms with van der Waals surface area (Å²) in [6.45, 7) is 6.79. The van der Waals surface area contributed by atoms with Gasteiger partial charge < -0.3 is 5.11 Å².